The van der Waals surface area contributed by atoms with E-state index in [4.69, 9.17) is 9.57 Å². The number of nitrogens with one attached hydrogen (secondary N) is 1. The second-order valence-electron chi connectivity index (χ2n) is 3.86. The average Bonchev–Trinajstić information content (AvgIpc) is 2.87. The fraction of sp³-hybridized carbons (Fsp3) is 0.0769. The molecule has 0 aliphatic carbocycles. The molecule has 19 heavy (non-hydrogen) atoms. The molecule has 6 heteroatoms. The third-order valence-corrected chi connectivity index (χ3v) is 2.97. The second-order valence-corrected chi connectivity index (χ2v) is 4.71. The number of hydrogen-bond acceptors (Lipinski definition) is 5. The quantitative estimate of drug-likeness (QED) is 0.881. The van der Waals surface area contributed by atoms with Gasteiger partial charge in [0.1, 0.15) is 16.5 Å². The van der Waals surface area contributed by atoms with E-state index >= 15 is 0 Å². The first-order chi connectivity index (χ1) is 9.31. The van der Waals surface area contributed by atoms with Gasteiger partial charge in [0.15, 0.2) is 0 Å². The molecule has 5 nitrogen and oxygen atoms in total. The predicted octanol–water partition coefficient (Wildman–Crippen LogP) is 3.08. The Morgan fingerprint density at radius 3 is 2.53 bits per heavy atom. The molecule has 0 saturated heterocycles. The molecule has 1 aromatic heterocycles. The number of ether oxygens (including phenoxy) is 1. The van der Waals surface area contributed by atoms with Gasteiger partial charge >= 0.3 is 6.01 Å². The van der Waals surface area contributed by atoms with Crippen LogP contribution >= 0.6 is 15.9 Å². The van der Waals surface area contributed by atoms with E-state index in [1.165, 1.54) is 0 Å². The number of aromatic nitrogens is 2. The number of hydrogen-bond donors (Lipinski definition) is 1. The number of nitrogens with zero attached hydrogens (tertiary/aromatic N) is 2. The highest BCUT2D eigenvalue weighted by Crippen LogP contribution is 2.28. The van der Waals surface area contributed by atoms with Crippen LogP contribution in [0.25, 0.3) is 0 Å². The Balaban J connectivity index is 1.73. The maximum atomic E-state index is 5.51. The van der Waals surface area contributed by atoms with E-state index in [1.807, 2.05) is 30.3 Å². The zero-order valence-electron chi connectivity index (χ0n) is 9.79. The summed E-state index contributed by atoms with van der Waals surface area (Å²) in [6, 6.07) is 9.66. The molecule has 3 rings (SSSR count). The van der Waals surface area contributed by atoms with Gasteiger partial charge in [-0.1, -0.05) is 12.1 Å². The monoisotopic (exact) mass is 319 g/mol. The molecule has 0 radical (unpaired) electrons. The molecule has 0 fully saturated rings. The highest BCUT2D eigenvalue weighted by molar-refractivity contribution is 9.11. The fourth-order valence-corrected chi connectivity index (χ4v) is 1.99. The zero-order chi connectivity index (χ0) is 13.1. The SMILES string of the molecule is BrC1=C[C@@H](c2ccc(Oc3ncccn3)cc2)ON1. The Kier molecular flexibility index (Phi) is 3.43. The van der Waals surface area contributed by atoms with E-state index in [1.54, 1.807) is 18.5 Å². The van der Waals surface area contributed by atoms with Crippen LogP contribution in [0.15, 0.2) is 53.4 Å². The summed E-state index contributed by atoms with van der Waals surface area (Å²) in [4.78, 5) is 13.4. The molecule has 0 saturated carbocycles. The molecule has 2 aromatic rings. The van der Waals surface area contributed by atoms with Gasteiger partial charge in [0.05, 0.1) is 0 Å². The number of hydroxylamine groups is 1. The molecular formula is C13H10BrN3O2. The summed E-state index contributed by atoms with van der Waals surface area (Å²) in [6.07, 6.45) is 5.11. The van der Waals surface area contributed by atoms with Gasteiger partial charge in [-0.2, -0.15) is 0 Å². The van der Waals surface area contributed by atoms with Crippen molar-refractivity contribution in [3.63, 3.8) is 0 Å². The minimum absolute atomic E-state index is 0.101. The summed E-state index contributed by atoms with van der Waals surface area (Å²) in [6.45, 7) is 0. The largest absolute Gasteiger partial charge is 0.424 e. The third-order valence-electron chi connectivity index (χ3n) is 2.54. The molecule has 96 valence electrons. The van der Waals surface area contributed by atoms with Crippen molar-refractivity contribution in [1.82, 2.24) is 15.4 Å². The highest BCUT2D eigenvalue weighted by atomic mass is 79.9. The molecule has 1 aromatic carbocycles. The molecular weight excluding hydrogens is 310 g/mol. The van der Waals surface area contributed by atoms with Crippen molar-refractivity contribution in [2.24, 2.45) is 0 Å². The number of benzene rings is 1. The van der Waals surface area contributed by atoms with E-state index in [0.717, 1.165) is 10.2 Å². The highest BCUT2D eigenvalue weighted by Gasteiger charge is 2.16. The molecule has 1 N–H and O–H groups in total. The minimum atomic E-state index is -0.101. The van der Waals surface area contributed by atoms with Crippen molar-refractivity contribution in [2.75, 3.05) is 0 Å². The molecule has 1 atom stereocenters. The second kappa shape index (κ2) is 5.38. The van der Waals surface area contributed by atoms with Crippen LogP contribution in [0.4, 0.5) is 0 Å². The van der Waals surface area contributed by atoms with Crippen LogP contribution in [0, 0.1) is 0 Å². The normalized spacial score (nSPS) is 17.7. The van der Waals surface area contributed by atoms with Crippen LogP contribution in [0.2, 0.25) is 0 Å². The van der Waals surface area contributed by atoms with Crippen LogP contribution in [-0.2, 0) is 4.84 Å². The first-order valence-corrected chi connectivity index (χ1v) is 6.44. The average molecular weight is 320 g/mol. The van der Waals surface area contributed by atoms with Gasteiger partial charge in [-0.3, -0.25) is 10.3 Å². The van der Waals surface area contributed by atoms with Gasteiger partial charge in [-0.25, -0.2) is 9.97 Å². The molecule has 2 heterocycles. The molecule has 1 aliphatic rings. The lowest BCUT2D eigenvalue weighted by Crippen LogP contribution is -2.05. The fourth-order valence-electron chi connectivity index (χ4n) is 1.65. The summed E-state index contributed by atoms with van der Waals surface area (Å²) in [7, 11) is 0. The third kappa shape index (κ3) is 2.91. The van der Waals surface area contributed by atoms with Gasteiger partial charge in [0.2, 0.25) is 0 Å². The van der Waals surface area contributed by atoms with Crippen LogP contribution in [0.1, 0.15) is 11.7 Å². The Morgan fingerprint density at radius 1 is 1.16 bits per heavy atom. The molecule has 0 bridgehead atoms. The van der Waals surface area contributed by atoms with E-state index in [0.29, 0.717) is 11.8 Å². The lowest BCUT2D eigenvalue weighted by molar-refractivity contribution is 0.0458. The van der Waals surface area contributed by atoms with Crippen LogP contribution in [0.5, 0.6) is 11.8 Å². The Bertz CT molecular complexity index is 587. The topological polar surface area (TPSA) is 56.3 Å². The van der Waals surface area contributed by atoms with E-state index in [2.05, 4.69) is 31.4 Å². The van der Waals surface area contributed by atoms with Crippen molar-refractivity contribution < 1.29 is 9.57 Å². The van der Waals surface area contributed by atoms with Gasteiger partial charge in [-0.15, -0.1) is 0 Å². The van der Waals surface area contributed by atoms with E-state index in [-0.39, 0.29) is 6.10 Å². The van der Waals surface area contributed by atoms with Gasteiger partial charge in [0, 0.05) is 12.4 Å². The van der Waals surface area contributed by atoms with E-state index in [9.17, 15) is 0 Å². The smallest absolute Gasteiger partial charge is 0.321 e. The maximum absolute atomic E-state index is 5.51. The minimum Gasteiger partial charge on any atom is -0.424 e. The Morgan fingerprint density at radius 2 is 1.89 bits per heavy atom. The van der Waals surface area contributed by atoms with Crippen molar-refractivity contribution >= 4 is 15.9 Å². The maximum Gasteiger partial charge on any atom is 0.321 e. The molecule has 1 aliphatic heterocycles. The van der Waals surface area contributed by atoms with E-state index < -0.39 is 0 Å². The lowest BCUT2D eigenvalue weighted by atomic mass is 10.1. The van der Waals surface area contributed by atoms with Crippen molar-refractivity contribution in [2.45, 2.75) is 6.10 Å². The van der Waals surface area contributed by atoms with Crippen LogP contribution < -0.4 is 10.2 Å². The van der Waals surface area contributed by atoms with Gasteiger partial charge in [-0.05, 0) is 45.8 Å². The van der Waals surface area contributed by atoms with Crippen LogP contribution in [-0.4, -0.2) is 9.97 Å². The Hall–Kier alpha value is -1.92. The summed E-state index contributed by atoms with van der Waals surface area (Å²) in [5, 5.41) is 0. The number of rotatable bonds is 3. The zero-order valence-corrected chi connectivity index (χ0v) is 11.4. The van der Waals surface area contributed by atoms with Crippen molar-refractivity contribution in [3.05, 3.63) is 59.0 Å². The molecule has 0 spiro atoms. The standard InChI is InChI=1S/C13H10BrN3O2/c14-12-8-11(19-17-12)9-2-4-10(5-3-9)18-13-15-6-1-7-16-13/h1-8,11,17H/t11-/m0/s1. The van der Waals surface area contributed by atoms with Crippen LogP contribution in [0.3, 0.4) is 0 Å². The van der Waals surface area contributed by atoms with Crippen molar-refractivity contribution in [1.29, 1.82) is 0 Å². The predicted molar refractivity (Wildman–Crippen MR) is 72.5 cm³/mol. The number of halogens is 1. The van der Waals surface area contributed by atoms with Gasteiger partial charge < -0.3 is 4.74 Å². The summed E-state index contributed by atoms with van der Waals surface area (Å²) in [5.74, 6) is 0.684. The first kappa shape index (κ1) is 12.1. The summed E-state index contributed by atoms with van der Waals surface area (Å²) < 4.78 is 6.34. The first-order valence-electron chi connectivity index (χ1n) is 5.65. The summed E-state index contributed by atoms with van der Waals surface area (Å²) >= 11 is 3.32. The Labute approximate surface area is 118 Å². The molecule has 0 unspecified atom stereocenters. The lowest BCUT2D eigenvalue weighted by Gasteiger charge is -2.08. The van der Waals surface area contributed by atoms with Gasteiger partial charge in [0.25, 0.3) is 0 Å². The molecule has 0 amide bonds. The summed E-state index contributed by atoms with van der Waals surface area (Å²) in [5.41, 5.74) is 3.78. The van der Waals surface area contributed by atoms with Crippen molar-refractivity contribution in [3.8, 4) is 11.8 Å².